The largest absolute Gasteiger partial charge is 0.445 e. The molecule has 3 aliphatic heterocycles. The van der Waals surface area contributed by atoms with E-state index >= 15 is 0 Å². The number of methoxy groups -OCH3 is 2. The highest BCUT2D eigenvalue weighted by Gasteiger charge is 2.45. The Bertz CT molecular complexity index is 3510. The summed E-state index contributed by atoms with van der Waals surface area (Å²) in [5.74, 6) is -9.35. The molecule has 3 heterocycles. The van der Waals surface area contributed by atoms with Crippen LogP contribution in [0.15, 0.2) is 75.7 Å². The Morgan fingerprint density at radius 1 is 0.692 bits per heavy atom. The first kappa shape index (κ1) is 89.0. The highest BCUT2D eigenvalue weighted by Crippen LogP contribution is 2.31. The third kappa shape index (κ3) is 24.9. The summed E-state index contributed by atoms with van der Waals surface area (Å²) in [5, 5.41) is 27.4. The van der Waals surface area contributed by atoms with Crippen molar-refractivity contribution >= 4 is 121 Å². The Kier molecular flexibility index (Phi) is 35.1. The highest BCUT2D eigenvalue weighted by atomic mass is 79.9. The Labute approximate surface area is 642 Å². The van der Waals surface area contributed by atoms with Gasteiger partial charge in [-0.05, 0) is 111 Å². The molecule has 2 unspecified atom stereocenters. The number of likely N-dealkylation sites (tertiary alicyclic amines) is 1. The number of urea groups is 1. The molecule has 590 valence electrons. The van der Waals surface area contributed by atoms with Crippen LogP contribution < -0.4 is 37.6 Å². The smallest absolute Gasteiger partial charge is 0.410 e. The van der Waals surface area contributed by atoms with Gasteiger partial charge in [-0.2, -0.15) is 0 Å². The van der Waals surface area contributed by atoms with Gasteiger partial charge in [0.2, 0.25) is 47.3 Å². The molecular weight excluding hydrogens is 1520 g/mol. The summed E-state index contributed by atoms with van der Waals surface area (Å²) in [7, 11) is 6.02. The van der Waals surface area contributed by atoms with E-state index in [1.54, 1.807) is 91.6 Å². The van der Waals surface area contributed by atoms with E-state index in [9.17, 15) is 72.2 Å². The number of amides is 15. The molecule has 12 atom stereocenters. The Hall–Kier alpha value is -8.66. The number of hydrogen-bond acceptors (Lipinski definition) is 18. The molecule has 0 spiro atoms. The molecule has 1 fully saturated rings. The van der Waals surface area contributed by atoms with E-state index in [0.29, 0.717) is 36.9 Å². The van der Waals surface area contributed by atoms with Gasteiger partial charge in [-0.15, -0.1) is 0 Å². The van der Waals surface area contributed by atoms with Crippen LogP contribution in [0.4, 0.5) is 15.3 Å². The van der Waals surface area contributed by atoms with E-state index in [1.807, 2.05) is 32.0 Å². The maximum atomic E-state index is 14.9. The minimum atomic E-state index is -1.24. The number of imide groups is 2. The molecule has 33 heteroatoms. The summed E-state index contributed by atoms with van der Waals surface area (Å²) in [6.07, 6.45) is -0.135. The zero-order chi connectivity index (χ0) is 79.8. The molecule has 5 rings (SSSR count). The van der Waals surface area contributed by atoms with Gasteiger partial charge in [-0.25, -0.2) is 9.59 Å². The van der Waals surface area contributed by atoms with E-state index in [0.717, 1.165) is 26.9 Å². The predicted octanol–water partition coefficient (Wildman–Crippen LogP) is 4.50. The number of benzene rings is 2. The number of nitrogens with two attached hydrogens (primary N) is 1. The van der Waals surface area contributed by atoms with Gasteiger partial charge in [0.25, 0.3) is 23.6 Å². The van der Waals surface area contributed by atoms with Crippen molar-refractivity contribution in [2.75, 3.05) is 72.9 Å². The van der Waals surface area contributed by atoms with Gasteiger partial charge in [-0.1, -0.05) is 111 Å². The second-order valence-electron chi connectivity index (χ2n) is 28.3. The van der Waals surface area contributed by atoms with Crippen LogP contribution in [0.5, 0.6) is 0 Å². The maximum absolute atomic E-state index is 14.9. The fraction of sp³-hybridized carbons (Fsp3) is 0.595. The Balaban J connectivity index is 1.19. The van der Waals surface area contributed by atoms with Crippen molar-refractivity contribution in [2.24, 2.45) is 35.3 Å². The van der Waals surface area contributed by atoms with Crippen molar-refractivity contribution in [1.29, 1.82) is 0 Å². The first-order chi connectivity index (χ1) is 50.5. The summed E-state index contributed by atoms with van der Waals surface area (Å²) < 4.78 is 17.8. The van der Waals surface area contributed by atoms with Gasteiger partial charge in [0.1, 0.15) is 30.8 Å². The second-order valence-corrected chi connectivity index (χ2v) is 30.0. The molecule has 15 amide bonds. The number of anilines is 1. The third-order valence-electron chi connectivity index (χ3n) is 19.6. The van der Waals surface area contributed by atoms with Crippen molar-refractivity contribution in [2.45, 2.75) is 188 Å². The molecule has 0 radical (unpaired) electrons. The van der Waals surface area contributed by atoms with Gasteiger partial charge in [-0.3, -0.25) is 72.2 Å². The molecule has 0 saturated carbocycles. The number of ether oxygens (including phenoxy) is 3. The number of nitrogens with one attached hydrogen (secondary N) is 6. The molecule has 2 aromatic carbocycles. The number of nitrogens with zero attached hydrogens (tertiary/aromatic N) is 6. The van der Waals surface area contributed by atoms with Crippen LogP contribution in [-0.2, 0) is 78.4 Å². The predicted molar refractivity (Wildman–Crippen MR) is 402 cm³/mol. The summed E-state index contributed by atoms with van der Waals surface area (Å²) in [4.78, 5) is 196. The van der Waals surface area contributed by atoms with Gasteiger partial charge in [0, 0.05) is 98.3 Å². The van der Waals surface area contributed by atoms with E-state index < -0.39 is 168 Å². The fourth-order valence-corrected chi connectivity index (χ4v) is 14.1. The van der Waals surface area contributed by atoms with Crippen LogP contribution in [0.25, 0.3) is 0 Å². The maximum Gasteiger partial charge on any atom is 0.410 e. The number of aliphatic hydroxyl groups is 1. The minimum absolute atomic E-state index is 0.0170. The van der Waals surface area contributed by atoms with Crippen LogP contribution >= 0.6 is 31.9 Å². The quantitative estimate of drug-likeness (QED) is 0.0336. The number of halogens is 2. The molecule has 0 aromatic heterocycles. The lowest BCUT2D eigenvalue weighted by Crippen LogP contribution is -2.60. The van der Waals surface area contributed by atoms with E-state index in [1.165, 1.54) is 43.2 Å². The summed E-state index contributed by atoms with van der Waals surface area (Å²) in [6, 6.07) is 7.99. The van der Waals surface area contributed by atoms with E-state index in [2.05, 4.69) is 63.8 Å². The SMILES string of the molecule is CCC(C)[C@@H](C(CC(=O)N1CCC[C@H]1[C@H](OC)[C@@H](C)C(=O)N[C@H](C)[C@@H](O)c1ccccc1)OC)N(C)C(=O)[C@@H](NC(=O)[C@H](C(C)C)N(C)C(=O)OCc1ccc(NC(=O)[C@H](CCCNC(N)=O)NC(=O)[C@@H](NC(=O)CCC(=O)N(CCN2C(=O)C=C(Br)C2=O)CCN2C(=O)C=C(Br)C2=O)C(C)C)cc1)C(C)C. The van der Waals surface area contributed by atoms with Crippen LogP contribution in [0.1, 0.15) is 138 Å². The van der Waals surface area contributed by atoms with Crippen molar-refractivity contribution in [3.8, 4) is 0 Å². The molecule has 31 nitrogen and oxygen atoms in total. The van der Waals surface area contributed by atoms with Gasteiger partial charge in [0.15, 0.2) is 0 Å². The topological polar surface area (TPSA) is 405 Å². The van der Waals surface area contributed by atoms with Crippen molar-refractivity contribution < 1.29 is 86.4 Å². The molecule has 1 saturated heterocycles. The molecule has 107 heavy (non-hydrogen) atoms. The molecule has 9 N–H and O–H groups in total. The van der Waals surface area contributed by atoms with E-state index in [-0.39, 0.29) is 91.0 Å². The fourth-order valence-electron chi connectivity index (χ4n) is 13.2. The molecular formula is C74H107Br2N13O18. The Morgan fingerprint density at radius 3 is 1.79 bits per heavy atom. The normalized spacial score (nSPS) is 17.5. The number of hydrogen-bond donors (Lipinski definition) is 8. The first-order valence-corrected chi connectivity index (χ1v) is 37.7. The van der Waals surface area contributed by atoms with Crippen LogP contribution in [0.2, 0.25) is 0 Å². The van der Waals surface area contributed by atoms with Gasteiger partial charge < -0.3 is 71.7 Å². The van der Waals surface area contributed by atoms with Crippen LogP contribution in [-0.4, -0.2) is 240 Å². The first-order valence-electron chi connectivity index (χ1n) is 36.1. The zero-order valence-electron chi connectivity index (χ0n) is 63.5. The van der Waals surface area contributed by atoms with Gasteiger partial charge >= 0.3 is 12.1 Å². The number of carbonyl (C=O) groups is 14. The van der Waals surface area contributed by atoms with E-state index in [4.69, 9.17) is 19.9 Å². The van der Waals surface area contributed by atoms with Crippen molar-refractivity contribution in [3.05, 3.63) is 86.8 Å². The summed E-state index contributed by atoms with van der Waals surface area (Å²) in [5.41, 5.74) is 6.67. The monoisotopic (exact) mass is 1620 g/mol. The average molecular weight is 1630 g/mol. The van der Waals surface area contributed by atoms with Crippen molar-refractivity contribution in [1.82, 2.24) is 56.0 Å². The standard InChI is InChI=1S/C74H107Br2N13O18/c1-15-44(8)63(54(105-13)39-59(94)87-32-20-24-53(87)65(106-14)45(9)66(96)79-46(10)64(95)48-21-17-16-18-22-48)84(11)72(102)61(42(4)5)83-69(99)62(43(6)7)85(12)74(104)107-40-47-25-27-49(28-26-47)80-67(97)52(23-19-31-78-73(77)103)81-68(98)60(41(2)3)82-55(90)29-30-56(91)86(33-35-88-57(92)37-50(75)70(88)100)34-36-89-58(93)38-51(76)71(89)101/h16-18,21-22,25-28,37-38,41-46,52-54,60-65,95H,15,19-20,23-24,29-36,39-40H2,1-14H3,(H,79,96)(H,80,97)(H,81,98)(H,82,90)(H,83,99)(H3,77,78,103)/t44?,45-,46-,52+,53+,54?,60+,61+,62+,63+,64-,65-/m1/s1. The Morgan fingerprint density at radius 2 is 1.28 bits per heavy atom. The second kappa shape index (κ2) is 42.2. The van der Waals surface area contributed by atoms with Crippen LogP contribution in [0.3, 0.4) is 0 Å². The molecule has 3 aliphatic rings. The number of aliphatic hydroxyl groups excluding tert-OH is 1. The molecule has 0 aliphatic carbocycles. The summed E-state index contributed by atoms with van der Waals surface area (Å²) in [6.45, 7) is 17.0. The number of likely N-dealkylation sites (N-methyl/N-ethyl adjacent to an activating group) is 2. The zero-order valence-corrected chi connectivity index (χ0v) is 66.7. The number of primary amides is 1. The number of rotatable bonds is 41. The molecule has 0 bridgehead atoms. The van der Waals surface area contributed by atoms with Crippen molar-refractivity contribution in [3.63, 3.8) is 0 Å². The highest BCUT2D eigenvalue weighted by molar-refractivity contribution is 9.12. The third-order valence-corrected chi connectivity index (χ3v) is 20.7. The number of carbonyl (C=O) groups excluding carboxylic acids is 14. The minimum Gasteiger partial charge on any atom is -0.445 e. The lowest BCUT2D eigenvalue weighted by Gasteiger charge is -2.41. The van der Waals surface area contributed by atoms with Crippen LogP contribution in [0, 0.1) is 29.6 Å². The lowest BCUT2D eigenvalue weighted by atomic mass is 9.89. The molecule has 2 aromatic rings. The lowest BCUT2D eigenvalue weighted by molar-refractivity contribution is -0.148. The summed E-state index contributed by atoms with van der Waals surface area (Å²) >= 11 is 6.06. The van der Waals surface area contributed by atoms with Gasteiger partial charge in [0.05, 0.1) is 57.7 Å². The average Bonchev–Trinajstić information content (AvgIpc) is 1.70.